The van der Waals surface area contributed by atoms with Gasteiger partial charge in [0.05, 0.1) is 6.04 Å². The quantitative estimate of drug-likeness (QED) is 0.581. The Morgan fingerprint density at radius 1 is 1.25 bits per heavy atom. The van der Waals surface area contributed by atoms with Gasteiger partial charge < -0.3 is 5.32 Å². The fourth-order valence-corrected chi connectivity index (χ4v) is 3.21. The molecule has 0 spiro atoms. The fourth-order valence-electron chi connectivity index (χ4n) is 2.06. The van der Waals surface area contributed by atoms with Crippen LogP contribution in [0.25, 0.3) is 0 Å². The molecule has 1 unspecified atom stereocenters. The summed E-state index contributed by atoms with van der Waals surface area (Å²) < 4.78 is 16.3. The van der Waals surface area contributed by atoms with Crippen LogP contribution in [-0.2, 0) is 0 Å². The van der Waals surface area contributed by atoms with Gasteiger partial charge in [-0.25, -0.2) is 4.39 Å². The van der Waals surface area contributed by atoms with Gasteiger partial charge in [-0.2, -0.15) is 0 Å². The van der Waals surface area contributed by atoms with E-state index in [1.54, 1.807) is 12.1 Å². The zero-order chi connectivity index (χ0) is 14.7. The SMILES string of the molecule is CCNC(c1ccc(Cl)cc1F)c1cc(I)ccc1Br. The molecule has 1 N–H and O–H groups in total. The lowest BCUT2D eigenvalue weighted by molar-refractivity contribution is 0.558. The van der Waals surface area contributed by atoms with Crippen LogP contribution in [-0.4, -0.2) is 6.54 Å². The third-order valence-corrected chi connectivity index (χ3v) is 4.58. The first-order chi connectivity index (χ1) is 9.52. The number of halogens is 4. The van der Waals surface area contributed by atoms with Gasteiger partial charge in [0.1, 0.15) is 5.82 Å². The van der Waals surface area contributed by atoms with Crippen molar-refractivity contribution in [3.8, 4) is 0 Å². The largest absolute Gasteiger partial charge is 0.306 e. The van der Waals surface area contributed by atoms with Crippen molar-refractivity contribution in [3.63, 3.8) is 0 Å². The van der Waals surface area contributed by atoms with E-state index in [4.69, 9.17) is 11.6 Å². The number of hydrogen-bond donors (Lipinski definition) is 1. The number of hydrogen-bond acceptors (Lipinski definition) is 1. The van der Waals surface area contributed by atoms with Gasteiger partial charge in [-0.3, -0.25) is 0 Å². The average molecular weight is 469 g/mol. The maximum Gasteiger partial charge on any atom is 0.129 e. The van der Waals surface area contributed by atoms with E-state index >= 15 is 0 Å². The zero-order valence-corrected chi connectivity index (χ0v) is 15.3. The Hall–Kier alpha value is -0.170. The Bertz CT molecular complexity index is 621. The molecule has 2 aromatic rings. The van der Waals surface area contributed by atoms with Crippen molar-refractivity contribution in [1.29, 1.82) is 0 Å². The van der Waals surface area contributed by atoms with Crippen molar-refractivity contribution < 1.29 is 4.39 Å². The van der Waals surface area contributed by atoms with Crippen molar-refractivity contribution in [2.75, 3.05) is 6.54 Å². The molecule has 5 heteroatoms. The zero-order valence-electron chi connectivity index (χ0n) is 10.8. The first-order valence-electron chi connectivity index (χ1n) is 6.16. The molecule has 0 saturated carbocycles. The molecule has 0 saturated heterocycles. The highest BCUT2D eigenvalue weighted by molar-refractivity contribution is 14.1. The summed E-state index contributed by atoms with van der Waals surface area (Å²) in [6.07, 6.45) is 0. The predicted molar refractivity (Wildman–Crippen MR) is 93.8 cm³/mol. The van der Waals surface area contributed by atoms with Crippen LogP contribution in [0.2, 0.25) is 5.02 Å². The van der Waals surface area contributed by atoms with Crippen LogP contribution in [0.3, 0.4) is 0 Å². The molecule has 0 aliphatic rings. The second kappa shape index (κ2) is 7.20. The summed E-state index contributed by atoms with van der Waals surface area (Å²) in [6, 6.07) is 10.6. The third-order valence-electron chi connectivity index (χ3n) is 2.95. The maximum absolute atomic E-state index is 14.2. The molecule has 1 atom stereocenters. The summed E-state index contributed by atoms with van der Waals surface area (Å²) in [4.78, 5) is 0. The van der Waals surface area contributed by atoms with Crippen molar-refractivity contribution >= 4 is 50.1 Å². The van der Waals surface area contributed by atoms with Crippen LogP contribution in [0, 0.1) is 9.39 Å². The lowest BCUT2D eigenvalue weighted by Crippen LogP contribution is -2.23. The lowest BCUT2D eigenvalue weighted by Gasteiger charge is -2.21. The highest BCUT2D eigenvalue weighted by atomic mass is 127. The Morgan fingerprint density at radius 2 is 2.00 bits per heavy atom. The van der Waals surface area contributed by atoms with Gasteiger partial charge in [-0.1, -0.05) is 40.5 Å². The van der Waals surface area contributed by atoms with Crippen LogP contribution in [0.15, 0.2) is 40.9 Å². The molecular formula is C15H13BrClFIN. The van der Waals surface area contributed by atoms with Gasteiger partial charge in [-0.05, 0) is 65.0 Å². The highest BCUT2D eigenvalue weighted by Gasteiger charge is 2.19. The van der Waals surface area contributed by atoms with Gasteiger partial charge in [0, 0.05) is 18.6 Å². The van der Waals surface area contributed by atoms with E-state index in [1.165, 1.54) is 6.07 Å². The fraction of sp³-hybridized carbons (Fsp3) is 0.200. The Balaban J connectivity index is 2.53. The summed E-state index contributed by atoms with van der Waals surface area (Å²) in [5, 5.41) is 3.73. The van der Waals surface area contributed by atoms with Crippen molar-refractivity contribution in [1.82, 2.24) is 5.32 Å². The van der Waals surface area contributed by atoms with Crippen molar-refractivity contribution in [2.24, 2.45) is 0 Å². The number of nitrogens with one attached hydrogen (secondary N) is 1. The minimum Gasteiger partial charge on any atom is -0.306 e. The van der Waals surface area contributed by atoms with Gasteiger partial charge in [-0.15, -0.1) is 0 Å². The molecule has 1 nitrogen and oxygen atoms in total. The first kappa shape index (κ1) is 16.2. The molecule has 2 aromatic carbocycles. The molecule has 0 aliphatic heterocycles. The Labute approximate surface area is 145 Å². The van der Waals surface area contributed by atoms with Gasteiger partial charge >= 0.3 is 0 Å². The van der Waals surface area contributed by atoms with E-state index in [1.807, 2.05) is 25.1 Å². The van der Waals surface area contributed by atoms with Crippen LogP contribution in [0.1, 0.15) is 24.1 Å². The summed E-state index contributed by atoms with van der Waals surface area (Å²) in [6.45, 7) is 2.74. The van der Waals surface area contributed by atoms with Crippen molar-refractivity contribution in [2.45, 2.75) is 13.0 Å². The minimum atomic E-state index is -0.297. The molecule has 106 valence electrons. The Kier molecular flexibility index (Phi) is 5.84. The molecule has 0 bridgehead atoms. The van der Waals surface area contributed by atoms with E-state index in [-0.39, 0.29) is 11.9 Å². The first-order valence-corrected chi connectivity index (χ1v) is 8.41. The average Bonchev–Trinajstić information content (AvgIpc) is 2.40. The van der Waals surface area contributed by atoms with E-state index in [2.05, 4.69) is 43.8 Å². The second-order valence-electron chi connectivity index (χ2n) is 4.32. The molecule has 0 fully saturated rings. The second-order valence-corrected chi connectivity index (χ2v) is 6.86. The monoisotopic (exact) mass is 467 g/mol. The summed E-state index contributed by atoms with van der Waals surface area (Å²) in [7, 11) is 0. The molecule has 2 rings (SSSR count). The van der Waals surface area contributed by atoms with Gasteiger partial charge in [0.15, 0.2) is 0 Å². The maximum atomic E-state index is 14.2. The van der Waals surface area contributed by atoms with E-state index in [0.717, 1.165) is 20.2 Å². The van der Waals surface area contributed by atoms with Crippen LogP contribution >= 0.6 is 50.1 Å². The normalized spacial score (nSPS) is 12.4. The summed E-state index contributed by atoms with van der Waals surface area (Å²) >= 11 is 11.6. The van der Waals surface area contributed by atoms with E-state index < -0.39 is 0 Å². The molecule has 0 aromatic heterocycles. The van der Waals surface area contributed by atoms with Crippen LogP contribution in [0.4, 0.5) is 4.39 Å². The molecule has 20 heavy (non-hydrogen) atoms. The molecule has 0 amide bonds. The van der Waals surface area contributed by atoms with Gasteiger partial charge in [0.2, 0.25) is 0 Å². The van der Waals surface area contributed by atoms with Crippen LogP contribution < -0.4 is 5.32 Å². The molecule has 0 radical (unpaired) electrons. The minimum absolute atomic E-state index is 0.207. The smallest absolute Gasteiger partial charge is 0.129 e. The summed E-state index contributed by atoms with van der Waals surface area (Å²) in [5.74, 6) is -0.297. The van der Waals surface area contributed by atoms with E-state index in [0.29, 0.717) is 10.6 Å². The third kappa shape index (κ3) is 3.72. The van der Waals surface area contributed by atoms with Crippen molar-refractivity contribution in [3.05, 3.63) is 66.4 Å². The number of benzene rings is 2. The van der Waals surface area contributed by atoms with E-state index in [9.17, 15) is 4.39 Å². The Morgan fingerprint density at radius 3 is 2.65 bits per heavy atom. The molecule has 0 aliphatic carbocycles. The standard InChI is InChI=1S/C15H13BrClFIN/c1-2-20-15(11-5-3-9(17)7-14(11)18)12-8-10(19)4-6-13(12)16/h3-8,15,20H,2H2,1H3. The topological polar surface area (TPSA) is 12.0 Å². The molecule has 0 heterocycles. The number of rotatable bonds is 4. The highest BCUT2D eigenvalue weighted by Crippen LogP contribution is 2.32. The predicted octanol–water partition coefficient (Wildman–Crippen LogP) is 5.55. The summed E-state index contributed by atoms with van der Waals surface area (Å²) in [5.41, 5.74) is 1.61. The van der Waals surface area contributed by atoms with Crippen LogP contribution in [0.5, 0.6) is 0 Å². The lowest BCUT2D eigenvalue weighted by atomic mass is 9.98. The molecular weight excluding hydrogens is 455 g/mol. The van der Waals surface area contributed by atoms with Gasteiger partial charge in [0.25, 0.3) is 0 Å².